The molecule has 0 unspecified atom stereocenters. The number of carbonyl (C=O) groups is 1. The van der Waals surface area contributed by atoms with Crippen LogP contribution in [0.15, 0.2) is 29.3 Å². The fourth-order valence-corrected chi connectivity index (χ4v) is 5.25. The number of nitrogens with zero attached hydrogens (tertiary/aromatic N) is 2. The lowest BCUT2D eigenvalue weighted by Gasteiger charge is -2.57. The summed E-state index contributed by atoms with van der Waals surface area (Å²) in [6.45, 7) is 5.06. The van der Waals surface area contributed by atoms with Gasteiger partial charge in [-0.1, -0.05) is 31.4 Å². The molecule has 1 N–H and O–H groups in total. The molecule has 2 fully saturated rings. The van der Waals surface area contributed by atoms with E-state index in [0.717, 1.165) is 36.9 Å². The number of nitrogens with one attached hydrogen (secondary N) is 1. The number of carbonyl (C=O) groups excluding carboxylic acids is 1. The summed E-state index contributed by atoms with van der Waals surface area (Å²) in [4.78, 5) is 29.8. The molecule has 1 amide bonds. The van der Waals surface area contributed by atoms with E-state index in [1.165, 1.54) is 19.3 Å². The highest BCUT2D eigenvalue weighted by Crippen LogP contribution is 2.53. The van der Waals surface area contributed by atoms with E-state index in [4.69, 9.17) is 4.74 Å². The molecule has 1 aromatic carbocycles. The average molecular weight is 398 g/mol. The molecule has 1 heterocycles. The first-order valence-corrected chi connectivity index (χ1v) is 10.9. The molecule has 2 aliphatic rings. The first-order chi connectivity index (χ1) is 14.0. The fraction of sp³-hybridized carbons (Fsp3) is 0.609. The third-order valence-corrected chi connectivity index (χ3v) is 6.91. The van der Waals surface area contributed by atoms with Crippen LogP contribution in [0, 0.1) is 12.3 Å². The van der Waals surface area contributed by atoms with Gasteiger partial charge < -0.3 is 10.1 Å². The lowest BCUT2D eigenvalue weighted by atomic mass is 9.55. The molecule has 2 atom stereocenters. The maximum absolute atomic E-state index is 12.7. The van der Waals surface area contributed by atoms with E-state index in [-0.39, 0.29) is 35.4 Å². The van der Waals surface area contributed by atoms with Crippen molar-refractivity contribution < 1.29 is 9.53 Å². The maximum atomic E-state index is 12.7. The number of hydrogen-bond acceptors (Lipinski definition) is 4. The Balaban J connectivity index is 1.40. The molecule has 29 heavy (non-hydrogen) atoms. The first kappa shape index (κ1) is 20.1. The molecule has 0 saturated heterocycles. The number of benzene rings is 1. The Kier molecular flexibility index (Phi) is 5.72. The van der Waals surface area contributed by atoms with Crippen LogP contribution in [0.4, 0.5) is 0 Å². The largest absolute Gasteiger partial charge is 0.378 e. The minimum atomic E-state index is -0.0877. The lowest BCUT2D eigenvalue weighted by Crippen LogP contribution is -2.65. The fourth-order valence-electron chi connectivity index (χ4n) is 5.25. The third kappa shape index (κ3) is 3.70. The molecule has 0 bridgehead atoms. The minimum absolute atomic E-state index is 0.00568. The maximum Gasteiger partial charge on any atom is 0.261 e. The molecule has 4 rings (SSSR count). The van der Waals surface area contributed by atoms with Crippen molar-refractivity contribution in [1.29, 1.82) is 0 Å². The average Bonchev–Trinajstić information content (AvgIpc) is 2.74. The van der Waals surface area contributed by atoms with Gasteiger partial charge in [-0.05, 0) is 44.7 Å². The Labute approximate surface area is 171 Å². The first-order valence-electron chi connectivity index (χ1n) is 10.9. The summed E-state index contributed by atoms with van der Waals surface area (Å²) in [5.41, 5.74) is 1.74. The van der Waals surface area contributed by atoms with Gasteiger partial charge in [0.15, 0.2) is 0 Å². The number of aryl methyl sites for hydroxylation is 2. The van der Waals surface area contributed by atoms with Gasteiger partial charge in [0.1, 0.15) is 0 Å². The highest BCUT2D eigenvalue weighted by atomic mass is 16.5. The van der Waals surface area contributed by atoms with Crippen molar-refractivity contribution >= 4 is 16.8 Å². The molecule has 156 valence electrons. The molecule has 2 aromatic rings. The molecular weight excluding hydrogens is 366 g/mol. The summed E-state index contributed by atoms with van der Waals surface area (Å²) >= 11 is 0. The molecule has 1 spiro atoms. The number of hydrogen-bond donors (Lipinski definition) is 1. The normalized spacial score (nSPS) is 23.1. The molecule has 2 saturated carbocycles. The monoisotopic (exact) mass is 397 g/mol. The zero-order valence-corrected chi connectivity index (χ0v) is 17.4. The number of ether oxygens (including phenoxy) is 1. The molecular formula is C23H31N3O3. The van der Waals surface area contributed by atoms with Gasteiger partial charge in [-0.25, -0.2) is 4.98 Å². The predicted octanol–water partition coefficient (Wildman–Crippen LogP) is 3.34. The Morgan fingerprint density at radius 3 is 2.86 bits per heavy atom. The lowest BCUT2D eigenvalue weighted by molar-refractivity contribution is -0.157. The second-order valence-corrected chi connectivity index (χ2v) is 8.56. The van der Waals surface area contributed by atoms with E-state index in [0.29, 0.717) is 11.9 Å². The Morgan fingerprint density at radius 1 is 1.31 bits per heavy atom. The Hall–Kier alpha value is -2.21. The van der Waals surface area contributed by atoms with E-state index in [1.807, 2.05) is 26.0 Å². The summed E-state index contributed by atoms with van der Waals surface area (Å²) in [6.07, 6.45) is 8.99. The highest BCUT2D eigenvalue weighted by Gasteiger charge is 2.55. The SMILES string of the molecule is CCO[C@H]1C[C@H](NC(=O)CCn2cnc3c(C)cccc3c2=O)C12CCCCC2. The van der Waals surface area contributed by atoms with Crippen molar-refractivity contribution in [2.45, 2.75) is 77.5 Å². The molecule has 0 radical (unpaired) electrons. The Bertz CT molecular complexity index is 946. The number of fused-ring (bicyclic) bond motifs is 1. The van der Waals surface area contributed by atoms with Gasteiger partial charge in [-0.2, -0.15) is 0 Å². The van der Waals surface area contributed by atoms with E-state index in [2.05, 4.69) is 10.3 Å². The van der Waals surface area contributed by atoms with E-state index < -0.39 is 0 Å². The van der Waals surface area contributed by atoms with Crippen LogP contribution in [-0.2, 0) is 16.1 Å². The van der Waals surface area contributed by atoms with Crippen LogP contribution in [0.25, 0.3) is 10.9 Å². The van der Waals surface area contributed by atoms with Crippen molar-refractivity contribution in [2.24, 2.45) is 5.41 Å². The predicted molar refractivity (Wildman–Crippen MR) is 113 cm³/mol. The third-order valence-electron chi connectivity index (χ3n) is 6.91. The van der Waals surface area contributed by atoms with E-state index in [1.54, 1.807) is 17.0 Å². The van der Waals surface area contributed by atoms with Crippen LogP contribution >= 0.6 is 0 Å². The smallest absolute Gasteiger partial charge is 0.261 e. The zero-order chi connectivity index (χ0) is 20.4. The number of aromatic nitrogens is 2. The topological polar surface area (TPSA) is 73.2 Å². The van der Waals surface area contributed by atoms with Gasteiger partial charge in [0, 0.05) is 31.0 Å². The van der Waals surface area contributed by atoms with E-state index in [9.17, 15) is 9.59 Å². The van der Waals surface area contributed by atoms with Gasteiger partial charge in [0.05, 0.1) is 23.3 Å². The van der Waals surface area contributed by atoms with Crippen LogP contribution in [0.1, 0.15) is 57.4 Å². The molecule has 1 aromatic heterocycles. The number of para-hydroxylation sites is 1. The summed E-state index contributed by atoms with van der Waals surface area (Å²) in [6, 6.07) is 5.80. The van der Waals surface area contributed by atoms with Crippen LogP contribution < -0.4 is 10.9 Å². The van der Waals surface area contributed by atoms with Crippen molar-refractivity contribution in [3.05, 3.63) is 40.4 Å². The minimum Gasteiger partial charge on any atom is -0.378 e. The summed E-state index contributed by atoms with van der Waals surface area (Å²) < 4.78 is 7.52. The molecule has 6 nitrogen and oxygen atoms in total. The van der Waals surface area contributed by atoms with Gasteiger partial charge in [-0.3, -0.25) is 14.2 Å². The van der Waals surface area contributed by atoms with Crippen molar-refractivity contribution in [1.82, 2.24) is 14.9 Å². The molecule has 6 heteroatoms. The number of rotatable bonds is 6. The van der Waals surface area contributed by atoms with E-state index >= 15 is 0 Å². The standard InChI is InChI=1S/C23H31N3O3/c1-3-29-19-14-18(23(19)11-5-4-6-12-23)25-20(27)10-13-26-15-24-21-16(2)8-7-9-17(21)22(26)28/h7-9,15,18-19H,3-6,10-14H2,1-2H3,(H,25,27)/t18-,19-/m0/s1. The van der Waals surface area contributed by atoms with Crippen LogP contribution in [0.3, 0.4) is 0 Å². The molecule has 0 aliphatic heterocycles. The van der Waals surface area contributed by atoms with Crippen LogP contribution in [-0.4, -0.2) is 34.2 Å². The summed E-state index contributed by atoms with van der Waals surface area (Å²) in [5.74, 6) is 0.00568. The van der Waals surface area contributed by atoms with Crippen molar-refractivity contribution in [3.8, 4) is 0 Å². The van der Waals surface area contributed by atoms with Crippen molar-refractivity contribution in [2.75, 3.05) is 6.61 Å². The van der Waals surface area contributed by atoms with Gasteiger partial charge >= 0.3 is 0 Å². The van der Waals surface area contributed by atoms with Gasteiger partial charge in [0.2, 0.25) is 5.91 Å². The zero-order valence-electron chi connectivity index (χ0n) is 17.4. The van der Waals surface area contributed by atoms with Gasteiger partial charge in [0.25, 0.3) is 5.56 Å². The summed E-state index contributed by atoms with van der Waals surface area (Å²) in [5, 5.41) is 3.85. The number of amides is 1. The second kappa shape index (κ2) is 8.27. The molecule has 2 aliphatic carbocycles. The quantitative estimate of drug-likeness (QED) is 0.811. The highest BCUT2D eigenvalue weighted by molar-refractivity contribution is 5.80. The van der Waals surface area contributed by atoms with Crippen molar-refractivity contribution in [3.63, 3.8) is 0 Å². The second-order valence-electron chi connectivity index (χ2n) is 8.56. The van der Waals surface area contributed by atoms with Gasteiger partial charge in [-0.15, -0.1) is 0 Å². The van der Waals surface area contributed by atoms with Crippen LogP contribution in [0.2, 0.25) is 0 Å². The Morgan fingerprint density at radius 2 is 2.10 bits per heavy atom. The van der Waals surface area contributed by atoms with Crippen LogP contribution in [0.5, 0.6) is 0 Å². The summed E-state index contributed by atoms with van der Waals surface area (Å²) in [7, 11) is 0.